The van der Waals surface area contributed by atoms with Crippen LogP contribution in [0.15, 0.2) is 72.3 Å². The first-order valence-corrected chi connectivity index (χ1v) is 10.9. The van der Waals surface area contributed by atoms with Gasteiger partial charge in [-0.2, -0.15) is 0 Å². The van der Waals surface area contributed by atoms with Crippen molar-refractivity contribution in [1.82, 2.24) is 23.6 Å². The standard InChI is InChI=1S/C22H18N6O4S/c1-31-16-5-3-4-14(8-16)22(29)26-15-9-19-18(23-10-15)11-25-28(19)33(30)21-12-24-20-7-6-17(32-2)13-27(20)21/h3-13H,1-2H3,(H,26,29). The Labute approximate surface area is 191 Å². The molecular weight excluding hydrogens is 444 g/mol. The number of ether oxygens (including phenoxy) is 2. The number of carbonyl (C=O) groups excluding carboxylic acids is 1. The van der Waals surface area contributed by atoms with Crippen molar-refractivity contribution >= 4 is 39.6 Å². The lowest BCUT2D eigenvalue weighted by Gasteiger charge is -2.10. The highest BCUT2D eigenvalue weighted by Gasteiger charge is 2.24. The predicted octanol–water partition coefficient (Wildman–Crippen LogP) is 2.92. The summed E-state index contributed by atoms with van der Waals surface area (Å²) in [6, 6.07) is 12.0. The number of methoxy groups -OCH3 is 2. The maximum atomic E-state index is 13.4. The van der Waals surface area contributed by atoms with Gasteiger partial charge < -0.3 is 19.3 Å². The van der Waals surface area contributed by atoms with Crippen molar-refractivity contribution in [2.75, 3.05) is 19.5 Å². The van der Waals surface area contributed by atoms with Gasteiger partial charge in [-0.25, -0.2) is 4.98 Å². The molecule has 11 heteroatoms. The summed E-state index contributed by atoms with van der Waals surface area (Å²) >= 11 is -1.72. The maximum absolute atomic E-state index is 13.4. The number of pyridine rings is 2. The van der Waals surface area contributed by atoms with Gasteiger partial charge in [-0.1, -0.05) is 10.2 Å². The summed E-state index contributed by atoms with van der Waals surface area (Å²) in [5, 5.41) is 7.48. The van der Waals surface area contributed by atoms with E-state index < -0.39 is 11.4 Å². The molecule has 0 radical (unpaired) electrons. The van der Waals surface area contributed by atoms with E-state index in [9.17, 15) is 9.35 Å². The molecule has 0 fully saturated rings. The molecule has 1 amide bonds. The molecule has 1 atom stereocenters. The average Bonchev–Trinajstić information content (AvgIpc) is 3.47. The molecule has 166 valence electrons. The van der Waals surface area contributed by atoms with Crippen LogP contribution >= 0.6 is 0 Å². The monoisotopic (exact) mass is 462 g/mol. The highest BCUT2D eigenvalue weighted by atomic mass is 32.2. The van der Waals surface area contributed by atoms with Crippen molar-refractivity contribution in [1.29, 1.82) is 0 Å². The summed E-state index contributed by atoms with van der Waals surface area (Å²) in [6.45, 7) is 0. The third-order valence-electron chi connectivity index (χ3n) is 4.99. The van der Waals surface area contributed by atoms with Crippen LogP contribution in [0.5, 0.6) is 11.5 Å². The predicted molar refractivity (Wildman–Crippen MR) is 122 cm³/mol. The van der Waals surface area contributed by atoms with Crippen LogP contribution in [0.25, 0.3) is 16.7 Å². The molecule has 0 saturated carbocycles. The molecule has 5 rings (SSSR count). The SMILES string of the molecule is COc1cccc(C(=O)Nc2cnc3cnn([S+]([O-])c4cnc5ccc(OC)cn45)c3c2)c1. The van der Waals surface area contributed by atoms with E-state index in [1.807, 2.05) is 0 Å². The van der Waals surface area contributed by atoms with Gasteiger partial charge in [0.1, 0.15) is 34.4 Å². The zero-order chi connectivity index (χ0) is 22.9. The van der Waals surface area contributed by atoms with Gasteiger partial charge in [-0.05, 0) is 36.4 Å². The highest BCUT2D eigenvalue weighted by molar-refractivity contribution is 7.90. The van der Waals surface area contributed by atoms with Crippen LogP contribution in [0.3, 0.4) is 0 Å². The fourth-order valence-corrected chi connectivity index (χ4v) is 4.42. The number of hydrogen-bond acceptors (Lipinski definition) is 7. The molecule has 33 heavy (non-hydrogen) atoms. The van der Waals surface area contributed by atoms with Gasteiger partial charge in [-0.15, -0.1) is 5.10 Å². The first-order valence-electron chi connectivity index (χ1n) is 9.80. The molecule has 4 heterocycles. The minimum Gasteiger partial charge on any atom is -0.585 e. The summed E-state index contributed by atoms with van der Waals surface area (Å²) in [7, 11) is 3.10. The topological polar surface area (TPSA) is 119 Å². The van der Waals surface area contributed by atoms with Gasteiger partial charge in [0.2, 0.25) is 0 Å². The molecule has 4 aromatic heterocycles. The quantitative estimate of drug-likeness (QED) is 0.385. The van der Waals surface area contributed by atoms with E-state index >= 15 is 0 Å². The molecule has 1 unspecified atom stereocenters. The number of amides is 1. The lowest BCUT2D eigenvalue weighted by Crippen LogP contribution is -2.17. The van der Waals surface area contributed by atoms with Gasteiger partial charge in [0, 0.05) is 5.56 Å². The van der Waals surface area contributed by atoms with Gasteiger partial charge in [0.15, 0.2) is 11.4 Å². The lowest BCUT2D eigenvalue weighted by atomic mass is 10.2. The molecule has 0 aliphatic heterocycles. The van der Waals surface area contributed by atoms with Crippen molar-refractivity contribution in [3.63, 3.8) is 0 Å². The van der Waals surface area contributed by atoms with Crippen molar-refractivity contribution in [3.05, 3.63) is 72.8 Å². The Hall–Kier alpha value is -4.09. The Balaban J connectivity index is 1.48. The van der Waals surface area contributed by atoms with E-state index in [1.54, 1.807) is 60.2 Å². The smallest absolute Gasteiger partial charge is 0.279 e. The second-order valence-electron chi connectivity index (χ2n) is 6.97. The van der Waals surface area contributed by atoms with Gasteiger partial charge in [0.05, 0.1) is 38.5 Å². The largest absolute Gasteiger partial charge is 0.585 e. The molecule has 0 saturated heterocycles. The molecule has 0 bridgehead atoms. The fraction of sp³-hybridized carbons (Fsp3) is 0.0909. The van der Waals surface area contributed by atoms with Crippen molar-refractivity contribution in [2.24, 2.45) is 0 Å². The normalized spacial score (nSPS) is 12.1. The van der Waals surface area contributed by atoms with E-state index in [0.717, 1.165) is 0 Å². The molecule has 10 nitrogen and oxygen atoms in total. The first kappa shape index (κ1) is 20.8. The second kappa shape index (κ2) is 8.45. The zero-order valence-electron chi connectivity index (χ0n) is 17.6. The number of anilines is 1. The van der Waals surface area contributed by atoms with Crippen molar-refractivity contribution in [2.45, 2.75) is 5.03 Å². The minimum absolute atomic E-state index is 0.323. The Morgan fingerprint density at radius 1 is 1.03 bits per heavy atom. The number of aromatic nitrogens is 5. The van der Waals surface area contributed by atoms with Crippen LogP contribution in [-0.4, -0.2) is 48.2 Å². The number of fused-ring (bicyclic) bond motifs is 2. The van der Waals surface area contributed by atoms with Crippen LogP contribution in [0.4, 0.5) is 5.69 Å². The Morgan fingerprint density at radius 3 is 2.70 bits per heavy atom. The van der Waals surface area contributed by atoms with E-state index in [1.165, 1.54) is 29.8 Å². The van der Waals surface area contributed by atoms with Crippen LogP contribution in [0, 0.1) is 0 Å². The third-order valence-corrected chi connectivity index (χ3v) is 6.26. The first-order chi connectivity index (χ1) is 16.1. The zero-order valence-corrected chi connectivity index (χ0v) is 18.4. The summed E-state index contributed by atoms with van der Waals surface area (Å²) in [5.41, 5.74) is 2.53. The van der Waals surface area contributed by atoms with Crippen LogP contribution in [0.1, 0.15) is 10.4 Å². The molecule has 1 aromatic carbocycles. The number of nitrogens with zero attached hydrogens (tertiary/aromatic N) is 5. The van der Waals surface area contributed by atoms with Crippen molar-refractivity contribution in [3.8, 4) is 11.5 Å². The number of rotatable bonds is 6. The summed E-state index contributed by atoms with van der Waals surface area (Å²) in [5.74, 6) is 0.860. The van der Waals surface area contributed by atoms with Crippen molar-refractivity contribution < 1.29 is 18.8 Å². The Morgan fingerprint density at radius 2 is 1.88 bits per heavy atom. The second-order valence-corrected chi connectivity index (χ2v) is 8.24. The Kier molecular flexibility index (Phi) is 5.32. The number of imidazole rings is 1. The molecule has 0 spiro atoms. The summed E-state index contributed by atoms with van der Waals surface area (Å²) < 4.78 is 26.9. The van der Waals surface area contributed by atoms with Gasteiger partial charge >= 0.3 is 0 Å². The van der Waals surface area contributed by atoms with Crippen LogP contribution in [-0.2, 0) is 11.4 Å². The van der Waals surface area contributed by atoms with E-state index in [2.05, 4.69) is 20.4 Å². The molecule has 0 aliphatic rings. The van der Waals surface area contributed by atoms with E-state index in [-0.39, 0.29) is 5.91 Å². The molecule has 5 aromatic rings. The van der Waals surface area contributed by atoms with Gasteiger partial charge in [-0.3, -0.25) is 14.2 Å². The number of hydrogen-bond donors (Lipinski definition) is 1. The third kappa shape index (κ3) is 3.83. The molecule has 0 aliphatic carbocycles. The van der Waals surface area contributed by atoms with E-state index in [0.29, 0.717) is 44.5 Å². The lowest BCUT2D eigenvalue weighted by molar-refractivity contribution is 0.102. The maximum Gasteiger partial charge on any atom is 0.279 e. The summed E-state index contributed by atoms with van der Waals surface area (Å²) in [6.07, 6.45) is 6.28. The van der Waals surface area contributed by atoms with Crippen LogP contribution < -0.4 is 14.8 Å². The Bertz CT molecular complexity index is 1480. The number of nitrogens with one attached hydrogen (secondary N) is 1. The number of benzene rings is 1. The average molecular weight is 462 g/mol. The van der Waals surface area contributed by atoms with Gasteiger partial charge in [0.25, 0.3) is 10.9 Å². The van der Waals surface area contributed by atoms with Crippen LogP contribution in [0.2, 0.25) is 0 Å². The highest BCUT2D eigenvalue weighted by Crippen LogP contribution is 2.24. The van der Waals surface area contributed by atoms with E-state index in [4.69, 9.17) is 9.47 Å². The fourth-order valence-electron chi connectivity index (χ4n) is 3.33. The minimum atomic E-state index is -1.72. The molecule has 1 N–H and O–H groups in total. The number of carbonyl (C=O) groups is 1. The molecular formula is C22H18N6O4S. The summed E-state index contributed by atoms with van der Waals surface area (Å²) in [4.78, 5) is 21.3.